The SMILES string of the molecule is Cc1cc(N2C[C@H](S(=O)(=O)c3ccccc3C(F)(F)F)C[C@@H]2C(=O)NC2(C#N)CC2)n(C2CCCCC2)n1. The number of aromatic nitrogens is 2. The Morgan fingerprint density at radius 2 is 1.87 bits per heavy atom. The Balaban J connectivity index is 1.53. The molecule has 3 fully saturated rings. The Morgan fingerprint density at radius 1 is 1.18 bits per heavy atom. The number of amides is 1. The van der Waals surface area contributed by atoms with Crippen molar-refractivity contribution < 1.29 is 26.4 Å². The molecule has 0 spiro atoms. The molecule has 2 aliphatic carbocycles. The maximum atomic E-state index is 13.7. The van der Waals surface area contributed by atoms with E-state index in [1.807, 2.05) is 11.6 Å². The van der Waals surface area contributed by atoms with Gasteiger partial charge in [-0.3, -0.25) is 4.79 Å². The molecule has 38 heavy (non-hydrogen) atoms. The summed E-state index contributed by atoms with van der Waals surface area (Å²) in [5.74, 6) is 0.0815. The van der Waals surface area contributed by atoms with E-state index in [1.54, 1.807) is 11.0 Å². The number of carbonyl (C=O) groups is 1. The highest BCUT2D eigenvalue weighted by Crippen LogP contribution is 2.41. The molecule has 3 aliphatic rings. The normalized spacial score (nSPS) is 23.7. The lowest BCUT2D eigenvalue weighted by atomic mass is 9.96. The second-order valence-electron chi connectivity index (χ2n) is 10.6. The zero-order valence-electron chi connectivity index (χ0n) is 21.0. The van der Waals surface area contributed by atoms with Gasteiger partial charge in [-0.1, -0.05) is 31.4 Å². The number of halogens is 3. The van der Waals surface area contributed by atoms with Crippen LogP contribution < -0.4 is 10.2 Å². The standard InChI is InChI=1S/C26H30F3N5O3S/c1-17-13-23(34(32-17)18-7-3-2-4-8-18)33-15-19(14-21(33)24(35)31-25(16-30)11-12-25)38(36,37)22-10-6-5-9-20(22)26(27,28)29/h5-6,9-10,13,18-19,21H,2-4,7-8,11-12,14-15H2,1H3,(H,31,35)/t19-,21-/m1/s1. The van der Waals surface area contributed by atoms with Gasteiger partial charge in [-0.15, -0.1) is 0 Å². The fraction of sp³-hybridized carbons (Fsp3) is 0.577. The van der Waals surface area contributed by atoms with Crippen molar-refractivity contribution >= 4 is 21.6 Å². The number of nitrogens with one attached hydrogen (secondary N) is 1. The van der Waals surface area contributed by atoms with Crippen LogP contribution >= 0.6 is 0 Å². The van der Waals surface area contributed by atoms with Gasteiger partial charge in [-0.2, -0.15) is 23.5 Å². The van der Waals surface area contributed by atoms with Gasteiger partial charge in [-0.25, -0.2) is 13.1 Å². The Bertz CT molecular complexity index is 1370. The van der Waals surface area contributed by atoms with Crippen LogP contribution in [0.1, 0.15) is 68.7 Å². The molecule has 5 rings (SSSR count). The van der Waals surface area contributed by atoms with Gasteiger partial charge < -0.3 is 10.2 Å². The summed E-state index contributed by atoms with van der Waals surface area (Å²) < 4.78 is 70.3. The Morgan fingerprint density at radius 3 is 2.50 bits per heavy atom. The van der Waals surface area contributed by atoms with Crippen LogP contribution in [0.25, 0.3) is 0 Å². The number of hydrogen-bond donors (Lipinski definition) is 1. The van der Waals surface area contributed by atoms with Crippen LogP contribution in [0.4, 0.5) is 19.0 Å². The minimum absolute atomic E-state index is 0.0895. The van der Waals surface area contributed by atoms with Gasteiger partial charge in [0.05, 0.1) is 33.5 Å². The summed E-state index contributed by atoms with van der Waals surface area (Å²) in [5, 5.41) is 15.7. The predicted octanol–water partition coefficient (Wildman–Crippen LogP) is 4.31. The molecule has 2 heterocycles. The molecule has 2 atom stereocenters. The summed E-state index contributed by atoms with van der Waals surface area (Å²) in [7, 11) is -4.46. The van der Waals surface area contributed by atoms with E-state index in [9.17, 15) is 31.6 Å². The third-order valence-electron chi connectivity index (χ3n) is 7.88. The lowest BCUT2D eigenvalue weighted by Gasteiger charge is -2.30. The highest BCUT2D eigenvalue weighted by Gasteiger charge is 2.51. The second kappa shape index (κ2) is 9.59. The van der Waals surface area contributed by atoms with E-state index in [2.05, 4.69) is 16.5 Å². The molecule has 204 valence electrons. The molecular weight excluding hydrogens is 519 g/mol. The molecule has 12 heteroatoms. The van der Waals surface area contributed by atoms with Crippen LogP contribution in [-0.4, -0.2) is 47.5 Å². The van der Waals surface area contributed by atoms with Gasteiger partial charge in [0, 0.05) is 12.6 Å². The number of benzene rings is 1. The van der Waals surface area contributed by atoms with Crippen molar-refractivity contribution in [2.24, 2.45) is 0 Å². The maximum Gasteiger partial charge on any atom is 0.417 e. The molecular formula is C26H30F3N5O3S. The minimum Gasteiger partial charge on any atom is -0.343 e. The number of aryl methyl sites for hydroxylation is 1. The maximum absolute atomic E-state index is 13.7. The van der Waals surface area contributed by atoms with Crippen molar-refractivity contribution in [2.75, 3.05) is 11.4 Å². The van der Waals surface area contributed by atoms with Crippen molar-refractivity contribution in [3.05, 3.63) is 41.6 Å². The molecule has 1 aromatic heterocycles. The van der Waals surface area contributed by atoms with Crippen molar-refractivity contribution in [2.45, 2.75) is 92.2 Å². The number of nitrogens with zero attached hydrogens (tertiary/aromatic N) is 4. The van der Waals surface area contributed by atoms with Crippen molar-refractivity contribution in [1.82, 2.24) is 15.1 Å². The smallest absolute Gasteiger partial charge is 0.343 e. The van der Waals surface area contributed by atoms with E-state index in [0.717, 1.165) is 50.3 Å². The van der Waals surface area contributed by atoms with E-state index in [-0.39, 0.29) is 19.0 Å². The molecule has 0 bridgehead atoms. The summed E-state index contributed by atoms with van der Waals surface area (Å²) in [6.45, 7) is 1.65. The summed E-state index contributed by atoms with van der Waals surface area (Å²) in [4.78, 5) is 14.3. The Kier molecular flexibility index (Phi) is 6.70. The molecule has 0 unspecified atom stereocenters. The summed E-state index contributed by atoms with van der Waals surface area (Å²) in [6, 6.07) is 7.17. The Labute approximate surface area is 219 Å². The quantitative estimate of drug-likeness (QED) is 0.576. The largest absolute Gasteiger partial charge is 0.417 e. The first-order valence-electron chi connectivity index (χ1n) is 12.9. The first kappa shape index (κ1) is 26.5. The number of alkyl halides is 3. The fourth-order valence-corrected chi connectivity index (χ4v) is 7.58. The molecule has 1 aliphatic heterocycles. The first-order valence-corrected chi connectivity index (χ1v) is 14.5. The first-order chi connectivity index (χ1) is 17.9. The third kappa shape index (κ3) is 4.88. The van der Waals surface area contributed by atoms with Crippen molar-refractivity contribution in [1.29, 1.82) is 5.26 Å². The van der Waals surface area contributed by atoms with Gasteiger partial charge in [-0.05, 0) is 51.2 Å². The number of nitriles is 1. The number of carbonyl (C=O) groups excluding carboxylic acids is 1. The van der Waals surface area contributed by atoms with Gasteiger partial charge in [0.1, 0.15) is 17.4 Å². The zero-order valence-corrected chi connectivity index (χ0v) is 21.9. The lowest BCUT2D eigenvalue weighted by molar-refractivity contribution is -0.139. The average Bonchev–Trinajstić information content (AvgIpc) is 3.32. The molecule has 2 saturated carbocycles. The molecule has 1 amide bonds. The lowest BCUT2D eigenvalue weighted by Crippen LogP contribution is -2.48. The van der Waals surface area contributed by atoms with Gasteiger partial charge in [0.25, 0.3) is 0 Å². The third-order valence-corrected chi connectivity index (χ3v) is 10.1. The Hall–Kier alpha value is -3.07. The van der Waals surface area contributed by atoms with E-state index in [4.69, 9.17) is 0 Å². The van der Waals surface area contributed by atoms with Crippen LogP contribution in [-0.2, 0) is 20.8 Å². The topological polar surface area (TPSA) is 108 Å². The highest BCUT2D eigenvalue weighted by atomic mass is 32.2. The minimum atomic E-state index is -4.85. The van der Waals surface area contributed by atoms with Gasteiger partial charge >= 0.3 is 6.18 Å². The number of hydrogen-bond acceptors (Lipinski definition) is 6. The fourth-order valence-electron chi connectivity index (χ4n) is 5.67. The van der Waals surface area contributed by atoms with E-state index in [1.165, 1.54) is 6.07 Å². The molecule has 1 aromatic carbocycles. The zero-order chi connectivity index (χ0) is 27.3. The van der Waals surface area contributed by atoms with Crippen molar-refractivity contribution in [3.8, 4) is 6.07 Å². The van der Waals surface area contributed by atoms with Crippen LogP contribution in [0.5, 0.6) is 0 Å². The molecule has 1 saturated heterocycles. The van der Waals surface area contributed by atoms with E-state index >= 15 is 0 Å². The average molecular weight is 550 g/mol. The molecule has 0 radical (unpaired) electrons. The number of rotatable bonds is 6. The molecule has 2 aromatic rings. The van der Waals surface area contributed by atoms with E-state index < -0.39 is 49.2 Å². The second-order valence-corrected chi connectivity index (χ2v) is 12.8. The van der Waals surface area contributed by atoms with Crippen LogP contribution in [0, 0.1) is 18.3 Å². The molecule has 8 nitrogen and oxygen atoms in total. The predicted molar refractivity (Wildman–Crippen MR) is 133 cm³/mol. The summed E-state index contributed by atoms with van der Waals surface area (Å²) in [6.07, 6.45) is 0.941. The summed E-state index contributed by atoms with van der Waals surface area (Å²) in [5.41, 5.74) is -1.49. The molecule has 1 N–H and O–H groups in total. The van der Waals surface area contributed by atoms with Crippen LogP contribution in [0.2, 0.25) is 0 Å². The van der Waals surface area contributed by atoms with Crippen molar-refractivity contribution in [3.63, 3.8) is 0 Å². The van der Waals surface area contributed by atoms with Crippen LogP contribution in [0.3, 0.4) is 0 Å². The van der Waals surface area contributed by atoms with Gasteiger partial charge in [0.2, 0.25) is 5.91 Å². The summed E-state index contributed by atoms with van der Waals surface area (Å²) >= 11 is 0. The highest BCUT2D eigenvalue weighted by molar-refractivity contribution is 7.92. The van der Waals surface area contributed by atoms with E-state index in [0.29, 0.717) is 24.4 Å². The van der Waals surface area contributed by atoms with Gasteiger partial charge in [0.15, 0.2) is 9.84 Å². The monoisotopic (exact) mass is 549 g/mol. The number of sulfone groups is 1. The van der Waals surface area contributed by atoms with Crippen LogP contribution in [0.15, 0.2) is 35.2 Å². The number of anilines is 1.